The molecule has 1 aromatic rings. The number of carbonyl (C=O) groups is 1. The minimum atomic E-state index is -0.910. The molecule has 0 atom stereocenters. The highest BCUT2D eigenvalue weighted by atomic mass is 32.2. The summed E-state index contributed by atoms with van der Waals surface area (Å²) in [6, 6.07) is 8.75. The Morgan fingerprint density at radius 3 is 2.31 bits per heavy atom. The molecular weight excluding hydrogens is 244 g/mol. The topological polar surface area (TPSA) is 78.3 Å². The summed E-state index contributed by atoms with van der Waals surface area (Å²) < 4.78 is 4.40. The molecule has 0 amide bonds. The average molecular weight is 258 g/mol. The van der Waals surface area contributed by atoms with Gasteiger partial charge in [0.1, 0.15) is 0 Å². The number of rotatable bonds is 5. The highest BCUT2D eigenvalue weighted by molar-refractivity contribution is 8.16. The van der Waals surface area contributed by atoms with Gasteiger partial charge in [-0.2, -0.15) is 0 Å². The van der Waals surface area contributed by atoms with E-state index in [4.69, 9.17) is 15.0 Å². The van der Waals surface area contributed by atoms with E-state index < -0.39 is 10.2 Å². The lowest BCUT2D eigenvalue weighted by Gasteiger charge is -2.26. The van der Waals surface area contributed by atoms with Crippen LogP contribution in [-0.4, -0.2) is 10.2 Å². The summed E-state index contributed by atoms with van der Waals surface area (Å²) in [6.07, 6.45) is 0.536. The fourth-order valence-corrected chi connectivity index (χ4v) is 1.89. The van der Waals surface area contributed by atoms with Crippen LogP contribution >= 0.6 is 23.9 Å². The summed E-state index contributed by atoms with van der Waals surface area (Å²) in [7, 11) is 0. The van der Waals surface area contributed by atoms with E-state index in [9.17, 15) is 4.79 Å². The van der Waals surface area contributed by atoms with Crippen molar-refractivity contribution in [2.24, 2.45) is 10.3 Å². The third-order valence-electron chi connectivity index (χ3n) is 2.05. The van der Waals surface area contributed by atoms with E-state index in [1.54, 1.807) is 24.3 Å². The maximum absolute atomic E-state index is 11.8. The second-order valence-electron chi connectivity index (χ2n) is 3.03. The van der Waals surface area contributed by atoms with E-state index in [0.29, 0.717) is 12.0 Å². The normalized spacial score (nSPS) is 11.2. The van der Waals surface area contributed by atoms with Crippen LogP contribution in [0.1, 0.15) is 23.7 Å². The molecule has 0 fully saturated rings. The minimum Gasteiger partial charge on any atom is -0.432 e. The van der Waals surface area contributed by atoms with Crippen LogP contribution in [0.5, 0.6) is 0 Å². The quantitative estimate of drug-likeness (QED) is 0.478. The van der Waals surface area contributed by atoms with Gasteiger partial charge in [0.2, 0.25) is 4.27 Å². The van der Waals surface area contributed by atoms with E-state index in [-0.39, 0.29) is 0 Å². The zero-order valence-electron chi connectivity index (χ0n) is 8.88. The smallest absolute Gasteiger partial charge is 0.340 e. The first-order chi connectivity index (χ1) is 7.67. The van der Waals surface area contributed by atoms with Gasteiger partial charge in [-0.15, -0.1) is 0 Å². The molecule has 1 rings (SSSR count). The van der Waals surface area contributed by atoms with E-state index in [2.05, 4.69) is 0 Å². The van der Waals surface area contributed by atoms with Crippen LogP contribution in [0.2, 0.25) is 0 Å². The van der Waals surface area contributed by atoms with Crippen molar-refractivity contribution in [2.75, 3.05) is 0 Å². The molecule has 0 aliphatic carbocycles. The predicted molar refractivity (Wildman–Crippen MR) is 68.4 cm³/mol. The standard InChI is InChI=1S/C10H14N2O2S2/c1-2-10(15-11,16-12)14-9(13)8-6-4-3-5-7-8/h3-7H,2,11-12H2,1H3. The molecule has 4 nitrogen and oxygen atoms in total. The Bertz CT molecular complexity index is 334. The van der Waals surface area contributed by atoms with Crippen LogP contribution in [0.25, 0.3) is 0 Å². The van der Waals surface area contributed by atoms with Crippen molar-refractivity contribution in [2.45, 2.75) is 17.6 Å². The Balaban J connectivity index is 2.77. The summed E-state index contributed by atoms with van der Waals surface area (Å²) in [4.78, 5) is 11.8. The number of benzene rings is 1. The Morgan fingerprint density at radius 2 is 1.88 bits per heavy atom. The van der Waals surface area contributed by atoms with Gasteiger partial charge in [0.25, 0.3) is 0 Å². The third kappa shape index (κ3) is 3.15. The van der Waals surface area contributed by atoms with Crippen LogP contribution in [-0.2, 0) is 4.74 Å². The number of hydrogen-bond donors (Lipinski definition) is 2. The highest BCUT2D eigenvalue weighted by Gasteiger charge is 2.32. The molecule has 16 heavy (non-hydrogen) atoms. The molecule has 1 aromatic carbocycles. The molecule has 0 heterocycles. The molecule has 4 N–H and O–H groups in total. The summed E-state index contributed by atoms with van der Waals surface area (Å²) in [5.41, 5.74) is 0.489. The van der Waals surface area contributed by atoms with Crippen LogP contribution in [0.15, 0.2) is 30.3 Å². The summed E-state index contributed by atoms with van der Waals surface area (Å²) >= 11 is 1.87. The van der Waals surface area contributed by atoms with Gasteiger partial charge in [0.15, 0.2) is 0 Å². The molecule has 0 saturated heterocycles. The van der Waals surface area contributed by atoms with Crippen molar-refractivity contribution in [1.82, 2.24) is 0 Å². The largest absolute Gasteiger partial charge is 0.432 e. The average Bonchev–Trinajstić information content (AvgIpc) is 2.37. The number of nitrogens with two attached hydrogens (primary N) is 2. The molecule has 6 heteroatoms. The number of ether oxygens (including phenoxy) is 1. The molecule has 0 aliphatic heterocycles. The number of carbonyl (C=O) groups excluding carboxylic acids is 1. The highest BCUT2D eigenvalue weighted by Crippen LogP contribution is 2.35. The molecular formula is C10H14N2O2S2. The van der Waals surface area contributed by atoms with Crippen LogP contribution in [0.3, 0.4) is 0 Å². The fourth-order valence-electron chi connectivity index (χ4n) is 1.09. The molecule has 88 valence electrons. The Kier molecular flexibility index (Phi) is 5.14. The molecule has 0 aliphatic rings. The van der Waals surface area contributed by atoms with Gasteiger partial charge < -0.3 is 4.74 Å². The SMILES string of the molecule is CCC(OC(=O)c1ccccc1)(SN)SN. The van der Waals surface area contributed by atoms with Crippen LogP contribution in [0, 0.1) is 0 Å². The summed E-state index contributed by atoms with van der Waals surface area (Å²) in [5.74, 6) is -0.418. The molecule has 0 unspecified atom stereocenters. The Morgan fingerprint density at radius 1 is 1.31 bits per heavy atom. The minimum absolute atomic E-state index is 0.418. The van der Waals surface area contributed by atoms with Crippen LogP contribution < -0.4 is 10.3 Å². The summed E-state index contributed by atoms with van der Waals surface area (Å²) in [6.45, 7) is 1.86. The van der Waals surface area contributed by atoms with E-state index >= 15 is 0 Å². The van der Waals surface area contributed by atoms with Gasteiger partial charge in [-0.3, -0.25) is 10.3 Å². The van der Waals surface area contributed by atoms with Crippen molar-refractivity contribution >= 4 is 29.9 Å². The van der Waals surface area contributed by atoms with Gasteiger partial charge >= 0.3 is 5.97 Å². The van der Waals surface area contributed by atoms with Crippen molar-refractivity contribution in [3.8, 4) is 0 Å². The first-order valence-corrected chi connectivity index (χ1v) is 6.47. The second-order valence-corrected chi connectivity index (χ2v) is 5.08. The fraction of sp³-hybridized carbons (Fsp3) is 0.300. The van der Waals surface area contributed by atoms with E-state index in [1.165, 1.54) is 0 Å². The maximum atomic E-state index is 11.8. The van der Waals surface area contributed by atoms with Gasteiger partial charge in [-0.25, -0.2) is 4.79 Å². The third-order valence-corrected chi connectivity index (χ3v) is 4.09. The lowest BCUT2D eigenvalue weighted by atomic mass is 10.2. The van der Waals surface area contributed by atoms with Gasteiger partial charge in [-0.1, -0.05) is 25.1 Å². The Labute approximate surface area is 103 Å². The lowest BCUT2D eigenvalue weighted by Crippen LogP contribution is -2.30. The second kappa shape index (κ2) is 6.15. The molecule has 0 spiro atoms. The van der Waals surface area contributed by atoms with Crippen molar-refractivity contribution in [3.05, 3.63) is 35.9 Å². The van der Waals surface area contributed by atoms with Gasteiger partial charge in [0.05, 0.1) is 5.56 Å². The Hall–Kier alpha value is -0.690. The van der Waals surface area contributed by atoms with E-state index in [1.807, 2.05) is 13.0 Å². The number of esters is 1. The van der Waals surface area contributed by atoms with Gasteiger partial charge in [-0.05, 0) is 36.0 Å². The first-order valence-electron chi connectivity index (χ1n) is 4.71. The zero-order valence-corrected chi connectivity index (χ0v) is 10.5. The van der Waals surface area contributed by atoms with Crippen molar-refractivity contribution in [3.63, 3.8) is 0 Å². The van der Waals surface area contributed by atoms with Crippen LogP contribution in [0.4, 0.5) is 0 Å². The maximum Gasteiger partial charge on any atom is 0.340 e. The monoisotopic (exact) mass is 258 g/mol. The van der Waals surface area contributed by atoms with Crippen molar-refractivity contribution in [1.29, 1.82) is 0 Å². The molecule has 0 aromatic heterocycles. The first kappa shape index (κ1) is 13.4. The van der Waals surface area contributed by atoms with E-state index in [0.717, 1.165) is 23.9 Å². The molecule has 0 saturated carbocycles. The number of hydrogen-bond acceptors (Lipinski definition) is 6. The zero-order chi connectivity index (χ0) is 12.0. The summed E-state index contributed by atoms with van der Waals surface area (Å²) in [5, 5.41) is 11.0. The molecule has 0 bridgehead atoms. The predicted octanol–water partition coefficient (Wildman–Crippen LogP) is 2.12. The molecule has 0 radical (unpaired) electrons. The van der Waals surface area contributed by atoms with Crippen molar-refractivity contribution < 1.29 is 9.53 Å². The van der Waals surface area contributed by atoms with Gasteiger partial charge in [0, 0.05) is 6.42 Å². The lowest BCUT2D eigenvalue weighted by molar-refractivity contribution is 0.0397.